The van der Waals surface area contributed by atoms with Crippen molar-refractivity contribution in [2.75, 3.05) is 26.2 Å². The van der Waals surface area contributed by atoms with Crippen LogP contribution in [0.25, 0.3) is 16.7 Å². The Kier molecular flexibility index (Phi) is 5.02. The molecule has 1 aromatic carbocycles. The molecule has 1 aliphatic heterocycles. The predicted octanol–water partition coefficient (Wildman–Crippen LogP) is 1.78. The van der Waals surface area contributed by atoms with Crippen molar-refractivity contribution < 1.29 is 0 Å². The second-order valence-corrected chi connectivity index (χ2v) is 7.69. The van der Waals surface area contributed by atoms with Crippen LogP contribution in [0.15, 0.2) is 53.5 Å². The van der Waals surface area contributed by atoms with Crippen LogP contribution in [-0.2, 0) is 19.6 Å². The van der Waals surface area contributed by atoms with Gasteiger partial charge in [-0.25, -0.2) is 0 Å². The van der Waals surface area contributed by atoms with E-state index in [2.05, 4.69) is 31.0 Å². The van der Waals surface area contributed by atoms with Gasteiger partial charge in [0.25, 0.3) is 5.56 Å². The fourth-order valence-electron chi connectivity index (χ4n) is 4.23. The molecule has 1 saturated heterocycles. The van der Waals surface area contributed by atoms with E-state index in [-0.39, 0.29) is 5.56 Å². The normalized spacial score (nSPS) is 15.9. The van der Waals surface area contributed by atoms with E-state index in [1.807, 2.05) is 53.9 Å². The number of para-hydroxylation sites is 1. The first-order chi connectivity index (χ1) is 14.7. The first-order valence-corrected chi connectivity index (χ1v) is 10.4. The van der Waals surface area contributed by atoms with Gasteiger partial charge in [-0.3, -0.25) is 28.5 Å². The molecule has 4 aromatic rings. The number of hydrogen-bond acceptors (Lipinski definition) is 6. The van der Waals surface area contributed by atoms with Gasteiger partial charge in [0.15, 0.2) is 5.82 Å². The van der Waals surface area contributed by atoms with Crippen molar-refractivity contribution >= 4 is 16.7 Å². The summed E-state index contributed by atoms with van der Waals surface area (Å²) < 4.78 is 3.74. The number of pyridine rings is 1. The zero-order chi connectivity index (χ0) is 20.5. The van der Waals surface area contributed by atoms with Crippen molar-refractivity contribution in [3.05, 3.63) is 70.5 Å². The van der Waals surface area contributed by atoms with Crippen LogP contribution >= 0.6 is 0 Å². The summed E-state index contributed by atoms with van der Waals surface area (Å²) in [5, 5.41) is 9.53. The van der Waals surface area contributed by atoms with E-state index in [4.69, 9.17) is 0 Å². The van der Waals surface area contributed by atoms with E-state index < -0.39 is 0 Å². The van der Waals surface area contributed by atoms with Crippen LogP contribution in [0.5, 0.6) is 0 Å². The number of rotatable bonds is 5. The minimum atomic E-state index is -0.0114. The summed E-state index contributed by atoms with van der Waals surface area (Å²) in [5.41, 5.74) is 1.97. The second-order valence-electron chi connectivity index (χ2n) is 7.69. The Labute approximate surface area is 174 Å². The Morgan fingerprint density at radius 1 is 0.900 bits per heavy atom. The Bertz CT molecular complexity index is 1220. The lowest BCUT2D eigenvalue weighted by Gasteiger charge is -2.34. The highest BCUT2D eigenvalue weighted by Crippen LogP contribution is 2.16. The molecule has 0 atom stereocenters. The SMILES string of the molecule is CCn1c(=O)c2ccccc2n2c(CN3CCN(Cc4ccccn4)CC3)nnc12. The van der Waals surface area contributed by atoms with Gasteiger partial charge in [-0.1, -0.05) is 18.2 Å². The number of aromatic nitrogens is 5. The third kappa shape index (κ3) is 3.38. The average Bonchev–Trinajstić information content (AvgIpc) is 3.20. The Hall–Kier alpha value is -3.10. The predicted molar refractivity (Wildman–Crippen MR) is 115 cm³/mol. The lowest BCUT2D eigenvalue weighted by Crippen LogP contribution is -2.45. The van der Waals surface area contributed by atoms with Gasteiger partial charge in [-0.15, -0.1) is 10.2 Å². The van der Waals surface area contributed by atoms with Gasteiger partial charge in [-0.05, 0) is 31.2 Å². The molecule has 3 aromatic heterocycles. The third-order valence-corrected chi connectivity index (χ3v) is 5.83. The maximum Gasteiger partial charge on any atom is 0.262 e. The van der Waals surface area contributed by atoms with E-state index in [0.717, 1.165) is 49.8 Å². The second kappa shape index (κ2) is 7.97. The fraction of sp³-hybridized carbons (Fsp3) is 0.364. The highest BCUT2D eigenvalue weighted by Gasteiger charge is 2.21. The van der Waals surface area contributed by atoms with Crippen LogP contribution in [0.2, 0.25) is 0 Å². The molecule has 4 heterocycles. The van der Waals surface area contributed by atoms with Crippen molar-refractivity contribution in [1.82, 2.24) is 33.9 Å². The molecule has 8 heteroatoms. The molecule has 1 fully saturated rings. The first-order valence-electron chi connectivity index (χ1n) is 10.4. The van der Waals surface area contributed by atoms with E-state index in [1.54, 1.807) is 4.57 Å². The van der Waals surface area contributed by atoms with E-state index >= 15 is 0 Å². The van der Waals surface area contributed by atoms with E-state index in [1.165, 1.54) is 0 Å². The van der Waals surface area contributed by atoms with Crippen LogP contribution < -0.4 is 5.56 Å². The van der Waals surface area contributed by atoms with Crippen molar-refractivity contribution in [1.29, 1.82) is 0 Å². The van der Waals surface area contributed by atoms with Crippen molar-refractivity contribution in [2.24, 2.45) is 0 Å². The molecule has 8 nitrogen and oxygen atoms in total. The number of hydrogen-bond donors (Lipinski definition) is 0. The van der Waals surface area contributed by atoms with Crippen LogP contribution in [0.1, 0.15) is 18.4 Å². The summed E-state index contributed by atoms with van der Waals surface area (Å²) in [6, 6.07) is 13.8. The topological polar surface area (TPSA) is 71.6 Å². The van der Waals surface area contributed by atoms with Crippen LogP contribution in [0, 0.1) is 0 Å². The van der Waals surface area contributed by atoms with Gasteiger partial charge in [0, 0.05) is 45.5 Å². The fourth-order valence-corrected chi connectivity index (χ4v) is 4.23. The Balaban J connectivity index is 1.38. The maximum atomic E-state index is 12.8. The molecule has 0 bridgehead atoms. The summed E-state index contributed by atoms with van der Waals surface area (Å²) in [6.07, 6.45) is 1.85. The minimum Gasteiger partial charge on any atom is -0.295 e. The minimum absolute atomic E-state index is 0.0114. The molecule has 0 amide bonds. The van der Waals surface area contributed by atoms with Gasteiger partial charge in [0.05, 0.1) is 23.1 Å². The van der Waals surface area contributed by atoms with Gasteiger partial charge >= 0.3 is 0 Å². The largest absolute Gasteiger partial charge is 0.295 e. The summed E-state index contributed by atoms with van der Waals surface area (Å²) in [4.78, 5) is 22.1. The van der Waals surface area contributed by atoms with Crippen molar-refractivity contribution in [3.63, 3.8) is 0 Å². The number of aryl methyl sites for hydroxylation is 1. The van der Waals surface area contributed by atoms with Crippen molar-refractivity contribution in [3.8, 4) is 0 Å². The highest BCUT2D eigenvalue weighted by molar-refractivity contribution is 5.80. The average molecular weight is 403 g/mol. The summed E-state index contributed by atoms with van der Waals surface area (Å²) in [5.74, 6) is 1.49. The maximum absolute atomic E-state index is 12.8. The molecule has 0 radical (unpaired) electrons. The molecular formula is C22H25N7O. The quantitative estimate of drug-likeness (QED) is 0.506. The number of piperazine rings is 1. The van der Waals surface area contributed by atoms with Crippen molar-refractivity contribution in [2.45, 2.75) is 26.6 Å². The molecule has 0 saturated carbocycles. The molecule has 0 aliphatic carbocycles. The van der Waals surface area contributed by atoms with Crippen LogP contribution in [-0.4, -0.2) is 60.1 Å². The number of nitrogens with zero attached hydrogens (tertiary/aromatic N) is 7. The Morgan fingerprint density at radius 3 is 2.37 bits per heavy atom. The molecule has 1 aliphatic rings. The van der Waals surface area contributed by atoms with Gasteiger partial charge in [0.2, 0.25) is 5.78 Å². The molecule has 30 heavy (non-hydrogen) atoms. The molecular weight excluding hydrogens is 378 g/mol. The summed E-state index contributed by atoms with van der Waals surface area (Å²) >= 11 is 0. The monoisotopic (exact) mass is 403 g/mol. The smallest absolute Gasteiger partial charge is 0.262 e. The van der Waals surface area contributed by atoms with Gasteiger partial charge < -0.3 is 0 Å². The zero-order valence-corrected chi connectivity index (χ0v) is 17.1. The summed E-state index contributed by atoms with van der Waals surface area (Å²) in [6.45, 7) is 8.05. The lowest BCUT2D eigenvalue weighted by atomic mass is 10.2. The van der Waals surface area contributed by atoms with Gasteiger partial charge in [-0.2, -0.15) is 0 Å². The molecule has 0 N–H and O–H groups in total. The summed E-state index contributed by atoms with van der Waals surface area (Å²) in [7, 11) is 0. The Morgan fingerprint density at radius 2 is 1.63 bits per heavy atom. The first kappa shape index (κ1) is 18.9. The molecule has 0 spiro atoms. The van der Waals surface area contributed by atoms with E-state index in [0.29, 0.717) is 24.3 Å². The molecule has 5 rings (SSSR count). The van der Waals surface area contributed by atoms with Crippen LogP contribution in [0.3, 0.4) is 0 Å². The molecule has 154 valence electrons. The molecule has 0 unspecified atom stereocenters. The number of benzene rings is 1. The number of fused-ring (bicyclic) bond motifs is 3. The van der Waals surface area contributed by atoms with Gasteiger partial charge in [0.1, 0.15) is 0 Å². The van der Waals surface area contributed by atoms with E-state index in [9.17, 15) is 4.79 Å². The lowest BCUT2D eigenvalue weighted by molar-refractivity contribution is 0.118. The standard InChI is InChI=1S/C22H25N7O/c1-2-28-21(30)18-8-3-4-9-19(18)29-20(24-25-22(28)29)16-27-13-11-26(12-14-27)15-17-7-5-6-10-23-17/h3-10H,2,11-16H2,1H3. The zero-order valence-electron chi connectivity index (χ0n) is 17.1. The highest BCUT2D eigenvalue weighted by atomic mass is 16.1. The van der Waals surface area contributed by atoms with Crippen LogP contribution in [0.4, 0.5) is 0 Å². The third-order valence-electron chi connectivity index (χ3n) is 5.83.